The van der Waals surface area contributed by atoms with E-state index in [1.807, 2.05) is 29.1 Å². The normalized spacial score (nSPS) is 11.4. The van der Waals surface area contributed by atoms with E-state index in [1.54, 1.807) is 0 Å². The Labute approximate surface area is 125 Å². The third-order valence-electron chi connectivity index (χ3n) is 3.02. The van der Waals surface area contributed by atoms with Gasteiger partial charge in [-0.25, -0.2) is 0 Å². The van der Waals surface area contributed by atoms with Crippen molar-refractivity contribution in [3.05, 3.63) is 35.1 Å². The summed E-state index contributed by atoms with van der Waals surface area (Å²) in [6.45, 7) is 4.81. The largest absolute Gasteiger partial charge is 0.376 e. The van der Waals surface area contributed by atoms with Gasteiger partial charge in [-0.1, -0.05) is 11.6 Å². The number of hydrogen-bond donors (Lipinski definition) is 1. The molecule has 20 heavy (non-hydrogen) atoms. The van der Waals surface area contributed by atoms with E-state index in [2.05, 4.69) is 33.0 Å². The Morgan fingerprint density at radius 3 is 2.90 bits per heavy atom. The maximum absolute atomic E-state index is 6.23. The van der Waals surface area contributed by atoms with Crippen molar-refractivity contribution in [2.24, 2.45) is 0 Å². The van der Waals surface area contributed by atoms with Gasteiger partial charge in [0.1, 0.15) is 11.0 Å². The number of halogens is 1. The molecule has 0 aliphatic heterocycles. The highest BCUT2D eigenvalue weighted by atomic mass is 35.5. The maximum Gasteiger partial charge on any atom is 0.129 e. The molecule has 104 valence electrons. The van der Waals surface area contributed by atoms with Crippen LogP contribution in [0.1, 0.15) is 25.6 Å². The van der Waals surface area contributed by atoms with Crippen LogP contribution >= 0.6 is 23.3 Å². The van der Waals surface area contributed by atoms with Crippen molar-refractivity contribution in [3.8, 4) is 0 Å². The highest BCUT2D eigenvalue weighted by molar-refractivity contribution is 7.00. The van der Waals surface area contributed by atoms with Crippen LogP contribution < -0.4 is 5.32 Å². The van der Waals surface area contributed by atoms with E-state index in [0.717, 1.165) is 22.4 Å². The highest BCUT2D eigenvalue weighted by Gasteiger charge is 2.10. The first-order chi connectivity index (χ1) is 9.65. The van der Waals surface area contributed by atoms with Gasteiger partial charge in [-0.05, 0) is 32.0 Å². The minimum atomic E-state index is 0.360. The van der Waals surface area contributed by atoms with Gasteiger partial charge in [0.15, 0.2) is 0 Å². The van der Waals surface area contributed by atoms with Crippen molar-refractivity contribution < 1.29 is 0 Å². The first-order valence-corrected chi connectivity index (χ1v) is 7.44. The predicted molar refractivity (Wildman–Crippen MR) is 82.4 cm³/mol. The summed E-state index contributed by atoms with van der Waals surface area (Å²) in [5.41, 5.74) is 3.45. The van der Waals surface area contributed by atoms with Crippen LogP contribution in [-0.2, 0) is 6.54 Å². The van der Waals surface area contributed by atoms with Gasteiger partial charge in [-0.2, -0.15) is 13.8 Å². The zero-order valence-electron chi connectivity index (χ0n) is 11.2. The van der Waals surface area contributed by atoms with Gasteiger partial charge in [-0.15, -0.1) is 0 Å². The second-order valence-electron chi connectivity index (χ2n) is 4.79. The smallest absolute Gasteiger partial charge is 0.129 e. The first kappa shape index (κ1) is 13.3. The van der Waals surface area contributed by atoms with E-state index in [9.17, 15) is 0 Å². The molecule has 0 radical (unpaired) electrons. The summed E-state index contributed by atoms with van der Waals surface area (Å²) in [6, 6.07) is 6.07. The van der Waals surface area contributed by atoms with Crippen molar-refractivity contribution in [1.29, 1.82) is 0 Å². The summed E-state index contributed by atoms with van der Waals surface area (Å²) in [4.78, 5) is 0. The van der Waals surface area contributed by atoms with Crippen molar-refractivity contribution in [3.63, 3.8) is 0 Å². The summed E-state index contributed by atoms with van der Waals surface area (Å²) >= 11 is 7.42. The van der Waals surface area contributed by atoms with E-state index >= 15 is 0 Å². The predicted octanol–water partition coefficient (Wildman–Crippen LogP) is 3.73. The molecule has 0 aliphatic carbocycles. The number of nitrogens with one attached hydrogen (secondary N) is 1. The summed E-state index contributed by atoms with van der Waals surface area (Å²) in [5, 5.41) is 8.45. The van der Waals surface area contributed by atoms with Crippen LogP contribution in [0, 0.1) is 0 Å². The molecule has 5 nitrogen and oxygen atoms in total. The Balaban J connectivity index is 1.82. The summed E-state index contributed by atoms with van der Waals surface area (Å²) in [6.07, 6.45) is 1.98. The van der Waals surface area contributed by atoms with Gasteiger partial charge >= 0.3 is 0 Å². The lowest BCUT2D eigenvalue weighted by atomic mass is 10.2. The first-order valence-electron chi connectivity index (χ1n) is 6.34. The van der Waals surface area contributed by atoms with E-state index in [0.29, 0.717) is 17.6 Å². The molecule has 7 heteroatoms. The van der Waals surface area contributed by atoms with Gasteiger partial charge < -0.3 is 5.32 Å². The van der Waals surface area contributed by atoms with Gasteiger partial charge in [0.05, 0.1) is 34.7 Å². The van der Waals surface area contributed by atoms with Crippen molar-refractivity contribution in [2.75, 3.05) is 5.32 Å². The molecule has 0 atom stereocenters. The monoisotopic (exact) mass is 307 g/mol. The molecule has 2 aromatic heterocycles. The zero-order valence-corrected chi connectivity index (χ0v) is 12.7. The van der Waals surface area contributed by atoms with Crippen LogP contribution in [0.2, 0.25) is 5.02 Å². The van der Waals surface area contributed by atoms with Crippen molar-refractivity contribution in [1.82, 2.24) is 18.5 Å². The topological polar surface area (TPSA) is 55.6 Å². The second kappa shape index (κ2) is 5.38. The molecule has 0 spiro atoms. The Kier molecular flexibility index (Phi) is 3.58. The number of hydrogen-bond acceptors (Lipinski definition) is 5. The fourth-order valence-corrected chi connectivity index (χ4v) is 2.70. The zero-order chi connectivity index (χ0) is 14.1. The maximum atomic E-state index is 6.23. The number of fused-ring (bicyclic) bond motifs is 1. The Hall–Kier alpha value is -1.66. The SMILES string of the molecule is CC(C)n1ccc(CNc2c(Cl)ccc3nsnc23)n1. The fraction of sp³-hybridized carbons (Fsp3) is 0.308. The Bertz CT molecular complexity index is 733. The van der Waals surface area contributed by atoms with Gasteiger partial charge in [0.2, 0.25) is 0 Å². The number of nitrogens with zero attached hydrogens (tertiary/aromatic N) is 4. The minimum absolute atomic E-state index is 0.360. The molecule has 3 aromatic rings. The average molecular weight is 308 g/mol. The highest BCUT2D eigenvalue weighted by Crippen LogP contribution is 2.30. The molecule has 2 heterocycles. The van der Waals surface area contributed by atoms with E-state index < -0.39 is 0 Å². The van der Waals surface area contributed by atoms with E-state index in [-0.39, 0.29) is 0 Å². The molecular formula is C13H14ClN5S. The van der Waals surface area contributed by atoms with Crippen LogP contribution in [-0.4, -0.2) is 18.5 Å². The second-order valence-corrected chi connectivity index (χ2v) is 5.72. The summed E-state index contributed by atoms with van der Waals surface area (Å²) < 4.78 is 10.4. The molecule has 0 fully saturated rings. The number of benzene rings is 1. The fourth-order valence-electron chi connectivity index (χ4n) is 1.93. The molecule has 0 unspecified atom stereocenters. The minimum Gasteiger partial charge on any atom is -0.376 e. The Morgan fingerprint density at radius 2 is 2.15 bits per heavy atom. The van der Waals surface area contributed by atoms with E-state index in [4.69, 9.17) is 11.6 Å². The number of aromatic nitrogens is 4. The van der Waals surface area contributed by atoms with Crippen molar-refractivity contribution in [2.45, 2.75) is 26.4 Å². The molecule has 1 aromatic carbocycles. The van der Waals surface area contributed by atoms with Crippen LogP contribution in [0.3, 0.4) is 0 Å². The molecule has 1 N–H and O–H groups in total. The lowest BCUT2D eigenvalue weighted by Gasteiger charge is -2.07. The number of anilines is 1. The summed E-state index contributed by atoms with van der Waals surface area (Å²) in [5.74, 6) is 0. The molecule has 3 rings (SSSR count). The standard InChI is InChI=1S/C13H14ClN5S/c1-8(2)19-6-5-9(16-19)7-15-12-10(14)3-4-11-13(12)18-20-17-11/h3-6,8,15H,7H2,1-2H3. The molecule has 0 saturated carbocycles. The van der Waals surface area contributed by atoms with Gasteiger partial charge in [-0.3, -0.25) is 4.68 Å². The van der Waals surface area contributed by atoms with Crippen LogP contribution in [0.15, 0.2) is 24.4 Å². The molecule has 0 saturated heterocycles. The van der Waals surface area contributed by atoms with Crippen LogP contribution in [0.25, 0.3) is 11.0 Å². The van der Waals surface area contributed by atoms with Crippen LogP contribution in [0.5, 0.6) is 0 Å². The van der Waals surface area contributed by atoms with Crippen LogP contribution in [0.4, 0.5) is 5.69 Å². The average Bonchev–Trinajstić information content (AvgIpc) is 3.05. The van der Waals surface area contributed by atoms with Crippen molar-refractivity contribution >= 4 is 40.0 Å². The molecule has 0 amide bonds. The lowest BCUT2D eigenvalue weighted by molar-refractivity contribution is 0.527. The van der Waals surface area contributed by atoms with E-state index in [1.165, 1.54) is 11.7 Å². The van der Waals surface area contributed by atoms with Gasteiger partial charge in [0.25, 0.3) is 0 Å². The van der Waals surface area contributed by atoms with Gasteiger partial charge in [0, 0.05) is 12.2 Å². The number of rotatable bonds is 4. The quantitative estimate of drug-likeness (QED) is 0.798. The molecule has 0 aliphatic rings. The molecular weight excluding hydrogens is 294 g/mol. The lowest BCUT2D eigenvalue weighted by Crippen LogP contribution is -2.05. The summed E-state index contributed by atoms with van der Waals surface area (Å²) in [7, 11) is 0. The Morgan fingerprint density at radius 1 is 1.30 bits per heavy atom. The third kappa shape index (κ3) is 2.48. The molecule has 0 bridgehead atoms. The third-order valence-corrected chi connectivity index (χ3v) is 3.87.